The summed E-state index contributed by atoms with van der Waals surface area (Å²) in [6, 6.07) is 3.16. The first-order chi connectivity index (χ1) is 10.8. The molecule has 134 valence electrons. The molecule has 0 aromatic heterocycles. The molecule has 0 aliphatic carbocycles. The minimum absolute atomic E-state index is 0.187. The second kappa shape index (κ2) is 7.21. The van der Waals surface area contributed by atoms with E-state index in [0.717, 1.165) is 12.1 Å². The smallest absolute Gasteiger partial charge is 0.416 e. The lowest BCUT2D eigenvalue weighted by Gasteiger charge is -2.25. The highest BCUT2D eigenvalue weighted by Crippen LogP contribution is 2.30. The molecule has 0 amide bonds. The van der Waals surface area contributed by atoms with Gasteiger partial charge in [-0.25, -0.2) is 0 Å². The fourth-order valence-electron chi connectivity index (χ4n) is 2.09. The van der Waals surface area contributed by atoms with Gasteiger partial charge in [0.2, 0.25) is 0 Å². The van der Waals surface area contributed by atoms with Gasteiger partial charge in [0.15, 0.2) is 5.92 Å². The zero-order valence-corrected chi connectivity index (χ0v) is 13.6. The molecule has 0 unspecified atom stereocenters. The van der Waals surface area contributed by atoms with E-state index in [1.807, 2.05) is 0 Å². The largest absolute Gasteiger partial charge is 0.481 e. The van der Waals surface area contributed by atoms with Crippen molar-refractivity contribution >= 4 is 11.9 Å². The zero-order valence-electron chi connectivity index (χ0n) is 13.6. The molecule has 5 nitrogen and oxygen atoms in total. The summed E-state index contributed by atoms with van der Waals surface area (Å²) in [5.41, 5.74) is 4.19. The van der Waals surface area contributed by atoms with Crippen LogP contribution in [0.25, 0.3) is 0 Å². The number of carboxylic acids is 1. The fraction of sp³-hybridized carbons (Fsp3) is 0.500. The van der Waals surface area contributed by atoms with Gasteiger partial charge in [0, 0.05) is 6.04 Å². The number of ether oxygens (including phenoxy) is 1. The number of carbonyl (C=O) groups excluding carboxylic acids is 1. The molecule has 3 N–H and O–H groups in total. The second-order valence-corrected chi connectivity index (χ2v) is 6.42. The number of benzene rings is 1. The number of carboxylic acid groups (broad SMARTS) is 1. The Morgan fingerprint density at radius 1 is 1.25 bits per heavy atom. The molecule has 1 rings (SSSR count). The molecule has 0 saturated carbocycles. The van der Waals surface area contributed by atoms with Crippen LogP contribution in [0.4, 0.5) is 13.2 Å². The van der Waals surface area contributed by atoms with Crippen LogP contribution in [0.15, 0.2) is 24.3 Å². The second-order valence-electron chi connectivity index (χ2n) is 6.42. The van der Waals surface area contributed by atoms with Crippen molar-refractivity contribution in [2.45, 2.75) is 45.0 Å². The predicted molar refractivity (Wildman–Crippen MR) is 80.1 cm³/mol. The third kappa shape index (κ3) is 5.84. The Morgan fingerprint density at radius 2 is 1.83 bits per heavy atom. The molecule has 8 heteroatoms. The minimum atomic E-state index is -4.52. The molecule has 2 atom stereocenters. The SMILES string of the molecule is CC(C)(C)OC(=O)[C@H](C(=O)O)[C@@H](N)Cc1cccc(C(F)(F)F)c1. The van der Waals surface area contributed by atoms with Crippen LogP contribution in [0.3, 0.4) is 0 Å². The van der Waals surface area contributed by atoms with Gasteiger partial charge in [-0.05, 0) is 38.8 Å². The third-order valence-corrected chi connectivity index (χ3v) is 3.08. The van der Waals surface area contributed by atoms with Crippen molar-refractivity contribution in [2.75, 3.05) is 0 Å². The Labute approximate surface area is 137 Å². The number of halogens is 3. The molecule has 0 fully saturated rings. The van der Waals surface area contributed by atoms with Crippen molar-refractivity contribution < 1.29 is 32.6 Å². The van der Waals surface area contributed by atoms with Gasteiger partial charge >= 0.3 is 18.1 Å². The van der Waals surface area contributed by atoms with Crippen LogP contribution in [-0.4, -0.2) is 28.7 Å². The maximum atomic E-state index is 12.7. The van der Waals surface area contributed by atoms with E-state index in [-0.39, 0.29) is 12.0 Å². The van der Waals surface area contributed by atoms with Gasteiger partial charge in [0.05, 0.1) is 5.56 Å². The molecule has 0 radical (unpaired) electrons. The van der Waals surface area contributed by atoms with Crippen molar-refractivity contribution in [2.24, 2.45) is 11.7 Å². The summed E-state index contributed by atoms with van der Waals surface area (Å²) < 4.78 is 43.1. The number of hydrogen-bond donors (Lipinski definition) is 2. The lowest BCUT2D eigenvalue weighted by molar-refractivity contribution is -0.167. The van der Waals surface area contributed by atoms with E-state index in [2.05, 4.69) is 0 Å². The molecule has 1 aromatic carbocycles. The summed E-state index contributed by atoms with van der Waals surface area (Å²) in [4.78, 5) is 23.3. The maximum Gasteiger partial charge on any atom is 0.416 e. The molecule has 0 aliphatic rings. The van der Waals surface area contributed by atoms with Gasteiger partial charge in [0.25, 0.3) is 0 Å². The Kier molecular flexibility index (Phi) is 5.99. The molecule has 0 heterocycles. The van der Waals surface area contributed by atoms with Crippen molar-refractivity contribution in [1.29, 1.82) is 0 Å². The summed E-state index contributed by atoms with van der Waals surface area (Å²) in [7, 11) is 0. The predicted octanol–water partition coefficient (Wildman–Crippen LogP) is 2.62. The van der Waals surface area contributed by atoms with E-state index in [0.29, 0.717) is 0 Å². The molecular weight excluding hydrogens is 327 g/mol. The van der Waals surface area contributed by atoms with Crippen LogP contribution in [0, 0.1) is 5.92 Å². The monoisotopic (exact) mass is 347 g/mol. The summed E-state index contributed by atoms with van der Waals surface area (Å²) in [5, 5.41) is 9.21. The van der Waals surface area contributed by atoms with Crippen LogP contribution in [0.2, 0.25) is 0 Å². The van der Waals surface area contributed by atoms with Crippen molar-refractivity contribution in [3.63, 3.8) is 0 Å². The highest BCUT2D eigenvalue weighted by molar-refractivity contribution is 5.95. The number of esters is 1. The first-order valence-corrected chi connectivity index (χ1v) is 7.18. The summed E-state index contributed by atoms with van der Waals surface area (Å²) in [6.45, 7) is 4.71. The highest BCUT2D eigenvalue weighted by atomic mass is 19.4. The van der Waals surface area contributed by atoms with Gasteiger partial charge < -0.3 is 15.6 Å². The first-order valence-electron chi connectivity index (χ1n) is 7.18. The Balaban J connectivity index is 2.96. The highest BCUT2D eigenvalue weighted by Gasteiger charge is 2.37. The summed E-state index contributed by atoms with van der Waals surface area (Å²) in [6.07, 6.45) is -4.72. The first kappa shape index (κ1) is 20.0. The topological polar surface area (TPSA) is 89.6 Å². The summed E-state index contributed by atoms with van der Waals surface area (Å²) in [5.74, 6) is -4.17. The zero-order chi connectivity index (χ0) is 18.7. The van der Waals surface area contributed by atoms with E-state index in [4.69, 9.17) is 10.5 Å². The number of rotatable bonds is 5. The number of alkyl halides is 3. The van der Waals surface area contributed by atoms with Crippen LogP contribution >= 0.6 is 0 Å². The average Bonchev–Trinajstić information content (AvgIpc) is 2.35. The molecule has 0 aliphatic heterocycles. The molecule has 0 bridgehead atoms. The van der Waals surface area contributed by atoms with Gasteiger partial charge in [-0.15, -0.1) is 0 Å². The lowest BCUT2D eigenvalue weighted by Crippen LogP contribution is -2.45. The number of nitrogens with two attached hydrogens (primary N) is 1. The van der Waals surface area contributed by atoms with Crippen molar-refractivity contribution in [1.82, 2.24) is 0 Å². The number of hydrogen-bond acceptors (Lipinski definition) is 4. The van der Waals surface area contributed by atoms with Crippen molar-refractivity contribution in [3.8, 4) is 0 Å². The van der Waals surface area contributed by atoms with Crippen LogP contribution < -0.4 is 5.73 Å². The number of aliphatic carboxylic acids is 1. The maximum absolute atomic E-state index is 12.7. The van der Waals surface area contributed by atoms with Crippen molar-refractivity contribution in [3.05, 3.63) is 35.4 Å². The lowest BCUT2D eigenvalue weighted by atomic mass is 9.93. The quantitative estimate of drug-likeness (QED) is 0.631. The Hall–Kier alpha value is -2.09. The molecule has 0 spiro atoms. The van der Waals surface area contributed by atoms with E-state index in [1.165, 1.54) is 12.1 Å². The van der Waals surface area contributed by atoms with Gasteiger partial charge in [-0.2, -0.15) is 13.2 Å². The van der Waals surface area contributed by atoms with Gasteiger partial charge in [-0.3, -0.25) is 9.59 Å². The van der Waals surface area contributed by atoms with Gasteiger partial charge in [-0.1, -0.05) is 18.2 Å². The minimum Gasteiger partial charge on any atom is -0.481 e. The van der Waals surface area contributed by atoms with Crippen LogP contribution in [0.1, 0.15) is 31.9 Å². The number of carbonyl (C=O) groups is 2. The summed E-state index contributed by atoms with van der Waals surface area (Å²) >= 11 is 0. The van der Waals surface area contributed by atoms with Crippen LogP contribution in [0.5, 0.6) is 0 Å². The van der Waals surface area contributed by atoms with Crippen LogP contribution in [-0.2, 0) is 26.9 Å². The third-order valence-electron chi connectivity index (χ3n) is 3.08. The van der Waals surface area contributed by atoms with E-state index in [1.54, 1.807) is 20.8 Å². The van der Waals surface area contributed by atoms with E-state index >= 15 is 0 Å². The Bertz CT molecular complexity index is 608. The fourth-order valence-corrected chi connectivity index (χ4v) is 2.09. The van der Waals surface area contributed by atoms with Gasteiger partial charge in [0.1, 0.15) is 5.60 Å². The molecular formula is C16H20F3NO4. The molecule has 0 saturated heterocycles. The molecule has 24 heavy (non-hydrogen) atoms. The molecule has 1 aromatic rings. The van der Waals surface area contributed by atoms with E-state index < -0.39 is 41.2 Å². The standard InChI is InChI=1S/C16H20F3NO4/c1-15(2,3)24-14(23)12(13(21)22)11(20)8-9-5-4-6-10(7-9)16(17,18)19/h4-7,11-12H,8,20H2,1-3H3,(H,21,22)/t11-,12-/m0/s1. The Morgan fingerprint density at radius 3 is 2.29 bits per heavy atom. The van der Waals surface area contributed by atoms with E-state index in [9.17, 15) is 27.9 Å². The average molecular weight is 347 g/mol. The normalized spacial score (nSPS) is 14.8.